The highest BCUT2D eigenvalue weighted by Crippen LogP contribution is 2.25. The molecule has 5 nitrogen and oxygen atoms in total. The van der Waals surface area contributed by atoms with Crippen LogP contribution in [0.25, 0.3) is 0 Å². The van der Waals surface area contributed by atoms with E-state index in [9.17, 15) is 13.2 Å². The van der Waals surface area contributed by atoms with E-state index in [0.29, 0.717) is 25.5 Å². The second kappa shape index (κ2) is 8.19. The van der Waals surface area contributed by atoms with Gasteiger partial charge in [-0.1, -0.05) is 6.92 Å². The summed E-state index contributed by atoms with van der Waals surface area (Å²) < 4.78 is 37.2. The van der Waals surface area contributed by atoms with Crippen molar-refractivity contribution >= 4 is 5.96 Å². The highest BCUT2D eigenvalue weighted by atomic mass is 19.4. The van der Waals surface area contributed by atoms with Gasteiger partial charge in [-0.15, -0.1) is 0 Å². The van der Waals surface area contributed by atoms with Crippen molar-refractivity contribution in [2.45, 2.75) is 44.4 Å². The van der Waals surface area contributed by atoms with Crippen molar-refractivity contribution in [3.8, 4) is 0 Å². The van der Waals surface area contributed by atoms with E-state index in [0.717, 1.165) is 25.7 Å². The van der Waals surface area contributed by atoms with Crippen LogP contribution in [-0.4, -0.2) is 80.3 Å². The zero-order chi connectivity index (χ0) is 16.9. The molecule has 23 heavy (non-hydrogen) atoms. The minimum Gasteiger partial charge on any atom is -0.355 e. The van der Waals surface area contributed by atoms with Gasteiger partial charge in [0.2, 0.25) is 0 Å². The first-order valence-electron chi connectivity index (χ1n) is 8.41. The molecular weight excluding hydrogens is 307 g/mol. The highest BCUT2D eigenvalue weighted by Gasteiger charge is 2.34. The van der Waals surface area contributed by atoms with Crippen LogP contribution in [0.3, 0.4) is 0 Å². The first-order chi connectivity index (χ1) is 10.9. The van der Waals surface area contributed by atoms with Gasteiger partial charge in [-0.25, -0.2) is 0 Å². The third-order valence-corrected chi connectivity index (χ3v) is 4.40. The topological polar surface area (TPSA) is 42.9 Å². The lowest BCUT2D eigenvalue weighted by Gasteiger charge is -2.22. The number of hydrogen-bond donors (Lipinski definition) is 2. The summed E-state index contributed by atoms with van der Waals surface area (Å²) in [6.07, 6.45) is -0.836. The number of likely N-dealkylation sites (N-methyl/N-ethyl adjacent to an activating group) is 1. The summed E-state index contributed by atoms with van der Waals surface area (Å²) >= 11 is 0. The van der Waals surface area contributed by atoms with E-state index >= 15 is 0 Å². The monoisotopic (exact) mass is 335 g/mol. The predicted molar refractivity (Wildman–Crippen MR) is 85.7 cm³/mol. The molecule has 2 rings (SSSR count). The lowest BCUT2D eigenvalue weighted by atomic mass is 10.3. The SMILES string of the molecule is CCN(CCNC(=NC)NC1CCN(CC(F)(F)F)C1)C1CC1. The minimum atomic E-state index is -4.12. The minimum absolute atomic E-state index is 0.0225. The first-order valence-corrected chi connectivity index (χ1v) is 8.41. The van der Waals surface area contributed by atoms with E-state index in [-0.39, 0.29) is 6.04 Å². The van der Waals surface area contributed by atoms with Crippen LogP contribution in [0.1, 0.15) is 26.2 Å². The summed E-state index contributed by atoms with van der Waals surface area (Å²) in [4.78, 5) is 8.06. The first kappa shape index (κ1) is 18.3. The van der Waals surface area contributed by atoms with Crippen LogP contribution in [0.4, 0.5) is 13.2 Å². The van der Waals surface area contributed by atoms with Crippen molar-refractivity contribution in [1.29, 1.82) is 0 Å². The van der Waals surface area contributed by atoms with E-state index in [1.54, 1.807) is 7.05 Å². The molecule has 2 N–H and O–H groups in total. The molecule has 1 atom stereocenters. The molecule has 1 unspecified atom stereocenters. The molecule has 1 heterocycles. The van der Waals surface area contributed by atoms with Crippen molar-refractivity contribution in [2.75, 3.05) is 46.3 Å². The summed E-state index contributed by atoms with van der Waals surface area (Å²) in [5.74, 6) is 0.677. The van der Waals surface area contributed by atoms with Gasteiger partial charge >= 0.3 is 6.18 Å². The highest BCUT2D eigenvalue weighted by molar-refractivity contribution is 5.80. The van der Waals surface area contributed by atoms with E-state index in [1.807, 2.05) is 0 Å². The van der Waals surface area contributed by atoms with Gasteiger partial charge in [0.15, 0.2) is 5.96 Å². The molecular formula is C15H28F3N5. The van der Waals surface area contributed by atoms with Crippen LogP contribution in [0, 0.1) is 0 Å². The summed E-state index contributed by atoms with van der Waals surface area (Å²) in [7, 11) is 1.69. The lowest BCUT2D eigenvalue weighted by Crippen LogP contribution is -2.47. The Kier molecular flexibility index (Phi) is 6.52. The van der Waals surface area contributed by atoms with Gasteiger partial charge in [-0.2, -0.15) is 13.2 Å². The fraction of sp³-hybridized carbons (Fsp3) is 0.933. The van der Waals surface area contributed by atoms with E-state index < -0.39 is 12.7 Å². The van der Waals surface area contributed by atoms with Crippen molar-refractivity contribution in [2.24, 2.45) is 4.99 Å². The third-order valence-electron chi connectivity index (χ3n) is 4.40. The molecule has 0 amide bonds. The summed E-state index contributed by atoms with van der Waals surface area (Å²) in [5.41, 5.74) is 0. The number of alkyl halides is 3. The number of rotatable bonds is 7. The van der Waals surface area contributed by atoms with Gasteiger partial charge in [0, 0.05) is 45.3 Å². The zero-order valence-electron chi connectivity index (χ0n) is 14.0. The number of nitrogens with zero attached hydrogens (tertiary/aromatic N) is 3. The number of guanidine groups is 1. The van der Waals surface area contributed by atoms with Crippen molar-refractivity contribution in [3.63, 3.8) is 0 Å². The van der Waals surface area contributed by atoms with Gasteiger partial charge in [-0.3, -0.25) is 14.8 Å². The number of aliphatic imine (C=N–C) groups is 1. The van der Waals surface area contributed by atoms with Crippen LogP contribution in [0.5, 0.6) is 0 Å². The maximum Gasteiger partial charge on any atom is 0.401 e. The Morgan fingerprint density at radius 3 is 2.61 bits per heavy atom. The van der Waals surface area contributed by atoms with Crippen LogP contribution in [0.2, 0.25) is 0 Å². The Morgan fingerprint density at radius 1 is 1.30 bits per heavy atom. The smallest absolute Gasteiger partial charge is 0.355 e. The Hall–Kier alpha value is -1.02. The Labute approximate surface area is 136 Å². The van der Waals surface area contributed by atoms with Crippen LogP contribution in [0.15, 0.2) is 4.99 Å². The van der Waals surface area contributed by atoms with Crippen LogP contribution in [-0.2, 0) is 0 Å². The molecule has 134 valence electrons. The largest absolute Gasteiger partial charge is 0.401 e. The average molecular weight is 335 g/mol. The maximum atomic E-state index is 12.4. The van der Waals surface area contributed by atoms with Gasteiger partial charge < -0.3 is 10.6 Å². The van der Waals surface area contributed by atoms with E-state index in [2.05, 4.69) is 27.4 Å². The molecule has 0 bridgehead atoms. The second-order valence-electron chi connectivity index (χ2n) is 6.34. The quantitative estimate of drug-likeness (QED) is 0.543. The van der Waals surface area contributed by atoms with Gasteiger partial charge in [0.05, 0.1) is 6.54 Å². The predicted octanol–water partition coefficient (Wildman–Crippen LogP) is 1.27. The summed E-state index contributed by atoms with van der Waals surface area (Å²) in [6, 6.07) is 0.761. The molecule has 1 aliphatic heterocycles. The average Bonchev–Trinajstić information content (AvgIpc) is 3.23. The molecule has 1 aliphatic carbocycles. The molecule has 0 aromatic carbocycles. The van der Waals surface area contributed by atoms with Crippen molar-refractivity contribution in [3.05, 3.63) is 0 Å². The Balaban J connectivity index is 1.66. The molecule has 0 radical (unpaired) electrons. The van der Waals surface area contributed by atoms with Gasteiger partial charge in [0.25, 0.3) is 0 Å². The molecule has 2 fully saturated rings. The normalized spacial score (nSPS) is 23.6. The van der Waals surface area contributed by atoms with Crippen LogP contribution < -0.4 is 10.6 Å². The van der Waals surface area contributed by atoms with E-state index in [4.69, 9.17) is 0 Å². The maximum absolute atomic E-state index is 12.4. The molecule has 1 saturated heterocycles. The number of nitrogens with one attached hydrogen (secondary N) is 2. The molecule has 1 saturated carbocycles. The molecule has 2 aliphatic rings. The molecule has 8 heteroatoms. The van der Waals surface area contributed by atoms with E-state index in [1.165, 1.54) is 17.7 Å². The van der Waals surface area contributed by atoms with Crippen LogP contribution >= 0.6 is 0 Å². The second-order valence-corrected chi connectivity index (χ2v) is 6.34. The third kappa shape index (κ3) is 6.55. The Morgan fingerprint density at radius 2 is 2.04 bits per heavy atom. The number of halogens is 3. The fourth-order valence-electron chi connectivity index (χ4n) is 3.09. The van der Waals surface area contributed by atoms with Crippen molar-refractivity contribution in [1.82, 2.24) is 20.4 Å². The van der Waals surface area contributed by atoms with Crippen molar-refractivity contribution < 1.29 is 13.2 Å². The van der Waals surface area contributed by atoms with Gasteiger partial charge in [-0.05, 0) is 25.8 Å². The molecule has 0 aromatic heterocycles. The Bertz CT molecular complexity index is 395. The summed E-state index contributed by atoms with van der Waals surface area (Å²) in [6.45, 7) is 5.02. The summed E-state index contributed by atoms with van der Waals surface area (Å²) in [5, 5.41) is 6.49. The standard InChI is InChI=1S/C15H28F3N5/c1-3-23(13-4-5-13)9-7-20-14(19-2)21-12-6-8-22(10-12)11-15(16,17)18/h12-13H,3-11H2,1-2H3,(H2,19,20,21). The molecule has 0 aromatic rings. The molecule has 0 spiro atoms. The number of likely N-dealkylation sites (tertiary alicyclic amines) is 1. The number of hydrogen-bond acceptors (Lipinski definition) is 3. The fourth-order valence-corrected chi connectivity index (χ4v) is 3.09. The van der Waals surface area contributed by atoms with Gasteiger partial charge in [0.1, 0.15) is 0 Å². The lowest BCUT2D eigenvalue weighted by molar-refractivity contribution is -0.143. The zero-order valence-corrected chi connectivity index (χ0v) is 14.0.